The lowest BCUT2D eigenvalue weighted by molar-refractivity contribution is -0.128. The van der Waals surface area contributed by atoms with E-state index in [1.165, 1.54) is 19.3 Å². The molecule has 0 aromatic heterocycles. The molecule has 0 saturated heterocycles. The molecule has 0 spiro atoms. The van der Waals surface area contributed by atoms with Gasteiger partial charge in [0, 0.05) is 12.5 Å². The molecular formula is C13H26N2O. The van der Waals surface area contributed by atoms with Crippen LogP contribution in [0.15, 0.2) is 0 Å². The van der Waals surface area contributed by atoms with Gasteiger partial charge in [0.05, 0.1) is 5.54 Å². The minimum atomic E-state index is -0.172. The lowest BCUT2D eigenvalue weighted by Crippen LogP contribution is -2.54. The fourth-order valence-electron chi connectivity index (χ4n) is 2.49. The first-order valence-corrected chi connectivity index (χ1v) is 6.69. The van der Waals surface area contributed by atoms with Crippen LogP contribution in [-0.2, 0) is 4.79 Å². The molecule has 0 unspecified atom stereocenters. The van der Waals surface area contributed by atoms with E-state index in [2.05, 4.69) is 19.2 Å². The third kappa shape index (κ3) is 3.21. The zero-order valence-electron chi connectivity index (χ0n) is 10.7. The van der Waals surface area contributed by atoms with E-state index in [4.69, 9.17) is 5.73 Å². The summed E-state index contributed by atoms with van der Waals surface area (Å²) in [7, 11) is 0. The summed E-state index contributed by atoms with van der Waals surface area (Å²) >= 11 is 0. The summed E-state index contributed by atoms with van der Waals surface area (Å²) in [6.07, 6.45) is 7.63. The summed E-state index contributed by atoms with van der Waals surface area (Å²) in [5.74, 6) is 0.464. The fourth-order valence-corrected chi connectivity index (χ4v) is 2.49. The molecule has 0 aromatic rings. The highest BCUT2D eigenvalue weighted by Gasteiger charge is 2.30. The standard InChI is InChI=1S/C13H26N2O/c1-3-13(4-2,10-14)15-12(16)11-8-6-5-7-9-11/h11H,3-10,14H2,1-2H3,(H,15,16). The van der Waals surface area contributed by atoms with Gasteiger partial charge in [0.15, 0.2) is 0 Å². The average Bonchev–Trinajstić information content (AvgIpc) is 2.37. The smallest absolute Gasteiger partial charge is 0.223 e. The van der Waals surface area contributed by atoms with Crippen molar-refractivity contribution in [2.24, 2.45) is 11.7 Å². The number of carbonyl (C=O) groups is 1. The van der Waals surface area contributed by atoms with Crippen molar-refractivity contribution < 1.29 is 4.79 Å². The summed E-state index contributed by atoms with van der Waals surface area (Å²) in [5, 5.41) is 3.19. The van der Waals surface area contributed by atoms with Crippen molar-refractivity contribution >= 4 is 5.91 Å². The van der Waals surface area contributed by atoms with Gasteiger partial charge < -0.3 is 11.1 Å². The van der Waals surface area contributed by atoms with E-state index in [9.17, 15) is 4.79 Å². The van der Waals surface area contributed by atoms with Crippen LogP contribution in [0.1, 0.15) is 58.8 Å². The van der Waals surface area contributed by atoms with Crippen LogP contribution in [0.5, 0.6) is 0 Å². The number of carbonyl (C=O) groups excluding carboxylic acids is 1. The first-order chi connectivity index (χ1) is 7.67. The van der Waals surface area contributed by atoms with E-state index < -0.39 is 0 Å². The van der Waals surface area contributed by atoms with Gasteiger partial charge in [0.1, 0.15) is 0 Å². The molecule has 16 heavy (non-hydrogen) atoms. The van der Waals surface area contributed by atoms with Crippen LogP contribution < -0.4 is 11.1 Å². The molecule has 0 atom stereocenters. The summed E-state index contributed by atoms with van der Waals surface area (Å²) in [6.45, 7) is 4.73. The number of nitrogens with two attached hydrogens (primary N) is 1. The molecule has 1 fully saturated rings. The Morgan fingerprint density at radius 2 is 1.81 bits per heavy atom. The SMILES string of the molecule is CCC(CC)(CN)NC(=O)C1CCCCC1. The molecular weight excluding hydrogens is 200 g/mol. The van der Waals surface area contributed by atoms with Gasteiger partial charge in [-0.15, -0.1) is 0 Å². The largest absolute Gasteiger partial charge is 0.349 e. The molecule has 3 heteroatoms. The Hall–Kier alpha value is -0.570. The fraction of sp³-hybridized carbons (Fsp3) is 0.923. The van der Waals surface area contributed by atoms with Crippen molar-refractivity contribution in [3.63, 3.8) is 0 Å². The molecule has 0 aliphatic heterocycles. The first kappa shape index (κ1) is 13.5. The van der Waals surface area contributed by atoms with E-state index >= 15 is 0 Å². The predicted molar refractivity (Wildman–Crippen MR) is 67.1 cm³/mol. The summed E-state index contributed by atoms with van der Waals surface area (Å²) in [4.78, 5) is 12.1. The lowest BCUT2D eigenvalue weighted by Gasteiger charge is -2.34. The van der Waals surface area contributed by atoms with Gasteiger partial charge in [-0.25, -0.2) is 0 Å². The molecule has 3 N–H and O–H groups in total. The van der Waals surface area contributed by atoms with E-state index in [-0.39, 0.29) is 17.4 Å². The van der Waals surface area contributed by atoms with Crippen LogP contribution in [0, 0.1) is 5.92 Å². The van der Waals surface area contributed by atoms with Gasteiger partial charge in [0.25, 0.3) is 0 Å². The van der Waals surface area contributed by atoms with Crippen LogP contribution in [0.4, 0.5) is 0 Å². The maximum Gasteiger partial charge on any atom is 0.223 e. The normalized spacial score (nSPS) is 18.4. The van der Waals surface area contributed by atoms with Gasteiger partial charge in [-0.05, 0) is 25.7 Å². The lowest BCUT2D eigenvalue weighted by atomic mass is 9.86. The van der Waals surface area contributed by atoms with E-state index in [1.54, 1.807) is 0 Å². The molecule has 0 bridgehead atoms. The van der Waals surface area contributed by atoms with Crippen LogP contribution in [0.25, 0.3) is 0 Å². The predicted octanol–water partition coefficient (Wildman–Crippen LogP) is 2.20. The Labute approximate surface area is 99.2 Å². The monoisotopic (exact) mass is 226 g/mol. The highest BCUT2D eigenvalue weighted by atomic mass is 16.2. The van der Waals surface area contributed by atoms with Crippen molar-refractivity contribution in [1.82, 2.24) is 5.32 Å². The van der Waals surface area contributed by atoms with E-state index in [0.29, 0.717) is 6.54 Å². The van der Waals surface area contributed by atoms with Crippen molar-refractivity contribution in [3.05, 3.63) is 0 Å². The molecule has 3 nitrogen and oxygen atoms in total. The van der Waals surface area contributed by atoms with E-state index in [1.807, 2.05) is 0 Å². The van der Waals surface area contributed by atoms with Gasteiger partial charge >= 0.3 is 0 Å². The first-order valence-electron chi connectivity index (χ1n) is 6.69. The molecule has 1 aliphatic rings. The van der Waals surface area contributed by atoms with Gasteiger partial charge in [-0.3, -0.25) is 4.79 Å². The second-order valence-electron chi connectivity index (χ2n) is 5.02. The van der Waals surface area contributed by atoms with Crippen molar-refractivity contribution in [2.75, 3.05) is 6.54 Å². The van der Waals surface area contributed by atoms with E-state index in [0.717, 1.165) is 25.7 Å². The quantitative estimate of drug-likeness (QED) is 0.755. The van der Waals surface area contributed by atoms with Gasteiger partial charge in [0.2, 0.25) is 5.91 Å². The average molecular weight is 226 g/mol. The number of hydrogen-bond acceptors (Lipinski definition) is 2. The molecule has 1 rings (SSSR count). The Morgan fingerprint density at radius 3 is 2.25 bits per heavy atom. The van der Waals surface area contributed by atoms with Gasteiger partial charge in [-0.1, -0.05) is 33.1 Å². The molecule has 1 aliphatic carbocycles. The number of rotatable bonds is 5. The van der Waals surface area contributed by atoms with Crippen LogP contribution in [0.3, 0.4) is 0 Å². The molecule has 1 saturated carbocycles. The highest BCUT2D eigenvalue weighted by molar-refractivity contribution is 5.79. The minimum absolute atomic E-state index is 0.172. The Kier molecular flexibility index (Phi) is 5.26. The molecule has 0 heterocycles. The number of hydrogen-bond donors (Lipinski definition) is 2. The maximum atomic E-state index is 12.1. The number of amides is 1. The Bertz CT molecular complexity index is 210. The Balaban J connectivity index is 2.53. The molecule has 0 aromatic carbocycles. The zero-order chi connectivity index (χ0) is 12.0. The van der Waals surface area contributed by atoms with Crippen molar-refractivity contribution in [3.8, 4) is 0 Å². The maximum absolute atomic E-state index is 12.1. The summed E-state index contributed by atoms with van der Waals surface area (Å²) in [5.41, 5.74) is 5.62. The molecule has 0 radical (unpaired) electrons. The number of nitrogens with one attached hydrogen (secondary N) is 1. The van der Waals surface area contributed by atoms with Crippen molar-refractivity contribution in [1.29, 1.82) is 0 Å². The minimum Gasteiger partial charge on any atom is -0.349 e. The second-order valence-corrected chi connectivity index (χ2v) is 5.02. The van der Waals surface area contributed by atoms with Crippen LogP contribution in [0.2, 0.25) is 0 Å². The van der Waals surface area contributed by atoms with Crippen LogP contribution in [-0.4, -0.2) is 18.0 Å². The summed E-state index contributed by atoms with van der Waals surface area (Å²) in [6, 6.07) is 0. The molecule has 94 valence electrons. The zero-order valence-corrected chi connectivity index (χ0v) is 10.7. The topological polar surface area (TPSA) is 55.1 Å². The van der Waals surface area contributed by atoms with Crippen LogP contribution >= 0.6 is 0 Å². The summed E-state index contributed by atoms with van der Waals surface area (Å²) < 4.78 is 0. The highest BCUT2D eigenvalue weighted by Crippen LogP contribution is 2.25. The third-order valence-electron chi connectivity index (χ3n) is 4.11. The third-order valence-corrected chi connectivity index (χ3v) is 4.11. The Morgan fingerprint density at radius 1 is 1.25 bits per heavy atom. The second kappa shape index (κ2) is 6.24. The van der Waals surface area contributed by atoms with Gasteiger partial charge in [-0.2, -0.15) is 0 Å². The molecule has 1 amide bonds. The van der Waals surface area contributed by atoms with Crippen molar-refractivity contribution in [2.45, 2.75) is 64.3 Å².